The predicted octanol–water partition coefficient (Wildman–Crippen LogP) is 3.03. The average molecular weight is 311 g/mol. The number of carboxylic acid groups (broad SMARTS) is 1. The number of hydrogen-bond donors (Lipinski definition) is 1. The lowest BCUT2D eigenvalue weighted by atomic mass is 10.1. The van der Waals surface area contributed by atoms with Crippen molar-refractivity contribution >= 4 is 28.6 Å². The standard InChI is InChI=1S/C14H11F2NO3S/c1-21-13-9(15)4-7-11(10(13)16)17(6-2-3-6)5-8(12(7)18)14(19)20/h4-6H,2-3H2,1H3,(H,19,20). The largest absolute Gasteiger partial charge is 0.477 e. The molecule has 1 aliphatic carbocycles. The highest BCUT2D eigenvalue weighted by Crippen LogP contribution is 2.39. The highest BCUT2D eigenvalue weighted by atomic mass is 32.2. The molecule has 7 heteroatoms. The minimum atomic E-state index is -1.40. The molecule has 0 amide bonds. The molecule has 0 aliphatic heterocycles. The fourth-order valence-electron chi connectivity index (χ4n) is 2.40. The van der Waals surface area contributed by atoms with Gasteiger partial charge >= 0.3 is 5.97 Å². The zero-order valence-corrected chi connectivity index (χ0v) is 11.8. The van der Waals surface area contributed by atoms with Crippen molar-refractivity contribution in [2.75, 3.05) is 6.26 Å². The first kappa shape index (κ1) is 14.1. The summed E-state index contributed by atoms with van der Waals surface area (Å²) >= 11 is 0.912. The lowest BCUT2D eigenvalue weighted by Crippen LogP contribution is -2.20. The second kappa shape index (κ2) is 4.84. The van der Waals surface area contributed by atoms with E-state index < -0.39 is 28.6 Å². The van der Waals surface area contributed by atoms with Gasteiger partial charge in [0, 0.05) is 12.2 Å². The van der Waals surface area contributed by atoms with Crippen LogP contribution >= 0.6 is 11.8 Å². The summed E-state index contributed by atoms with van der Waals surface area (Å²) in [5.41, 5.74) is -1.34. The van der Waals surface area contributed by atoms with Gasteiger partial charge in [0.15, 0.2) is 5.82 Å². The summed E-state index contributed by atoms with van der Waals surface area (Å²) in [6.07, 6.45) is 4.26. The molecule has 0 bridgehead atoms. The number of pyridine rings is 1. The molecule has 110 valence electrons. The monoisotopic (exact) mass is 311 g/mol. The molecule has 3 rings (SSSR count). The van der Waals surface area contributed by atoms with E-state index in [0.717, 1.165) is 36.9 Å². The lowest BCUT2D eigenvalue weighted by Gasteiger charge is -2.14. The average Bonchev–Trinajstić information content (AvgIpc) is 3.24. The Morgan fingerprint density at radius 1 is 1.43 bits per heavy atom. The van der Waals surface area contributed by atoms with Gasteiger partial charge in [-0.15, -0.1) is 11.8 Å². The number of hydrogen-bond acceptors (Lipinski definition) is 3. The number of carbonyl (C=O) groups is 1. The Morgan fingerprint density at radius 2 is 2.10 bits per heavy atom. The molecule has 1 N–H and O–H groups in total. The number of thioether (sulfide) groups is 1. The fraction of sp³-hybridized carbons (Fsp3) is 0.286. The first-order valence-electron chi connectivity index (χ1n) is 6.29. The van der Waals surface area contributed by atoms with Crippen LogP contribution in [0.2, 0.25) is 0 Å². The molecular formula is C14H11F2NO3S. The number of benzene rings is 1. The summed E-state index contributed by atoms with van der Waals surface area (Å²) in [5, 5.41) is 8.86. The van der Waals surface area contributed by atoms with Crippen LogP contribution in [0.15, 0.2) is 22.0 Å². The van der Waals surface area contributed by atoms with E-state index >= 15 is 0 Å². The molecule has 21 heavy (non-hydrogen) atoms. The number of rotatable bonds is 3. The van der Waals surface area contributed by atoms with Crippen molar-refractivity contribution in [3.05, 3.63) is 39.7 Å². The van der Waals surface area contributed by atoms with E-state index in [1.165, 1.54) is 4.57 Å². The number of halogens is 2. The molecule has 0 radical (unpaired) electrons. The summed E-state index contributed by atoms with van der Waals surface area (Å²) in [5.74, 6) is -3.06. The van der Waals surface area contributed by atoms with Crippen LogP contribution in [-0.4, -0.2) is 21.9 Å². The highest BCUT2D eigenvalue weighted by molar-refractivity contribution is 7.98. The first-order valence-corrected chi connectivity index (χ1v) is 7.52. The van der Waals surface area contributed by atoms with Crippen molar-refractivity contribution in [2.24, 2.45) is 0 Å². The van der Waals surface area contributed by atoms with E-state index in [1.54, 1.807) is 6.26 Å². The SMILES string of the molecule is CSc1c(F)cc2c(=O)c(C(=O)O)cn(C3CC3)c2c1F. The predicted molar refractivity (Wildman–Crippen MR) is 75.1 cm³/mol. The lowest BCUT2D eigenvalue weighted by molar-refractivity contribution is 0.0695. The van der Waals surface area contributed by atoms with E-state index in [-0.39, 0.29) is 21.8 Å². The number of aromatic carboxylic acids is 1. The quantitative estimate of drug-likeness (QED) is 0.885. The normalized spacial score (nSPS) is 14.6. The Balaban J connectivity index is 2.50. The molecule has 2 aromatic rings. The fourth-order valence-corrected chi connectivity index (χ4v) is 2.93. The van der Waals surface area contributed by atoms with Crippen LogP contribution in [0.5, 0.6) is 0 Å². The van der Waals surface area contributed by atoms with Crippen LogP contribution < -0.4 is 5.43 Å². The van der Waals surface area contributed by atoms with Crippen LogP contribution in [0.3, 0.4) is 0 Å². The maximum Gasteiger partial charge on any atom is 0.341 e. The minimum absolute atomic E-state index is 0.0155. The van der Waals surface area contributed by atoms with Gasteiger partial charge in [0.1, 0.15) is 11.4 Å². The molecule has 4 nitrogen and oxygen atoms in total. The molecule has 1 aromatic carbocycles. The maximum absolute atomic E-state index is 14.5. The van der Waals surface area contributed by atoms with Crippen LogP contribution in [-0.2, 0) is 0 Å². The van der Waals surface area contributed by atoms with E-state index in [2.05, 4.69) is 0 Å². The Morgan fingerprint density at radius 3 is 2.62 bits per heavy atom. The van der Waals surface area contributed by atoms with Crippen molar-refractivity contribution in [1.29, 1.82) is 0 Å². The molecule has 0 saturated heterocycles. The van der Waals surface area contributed by atoms with Gasteiger partial charge in [-0.25, -0.2) is 13.6 Å². The zero-order chi connectivity index (χ0) is 15.3. The molecule has 1 saturated carbocycles. The summed E-state index contributed by atoms with van der Waals surface area (Å²) in [6, 6.07) is 0.888. The van der Waals surface area contributed by atoms with Crippen LogP contribution in [0.4, 0.5) is 8.78 Å². The highest BCUT2D eigenvalue weighted by Gasteiger charge is 2.29. The molecule has 1 fully saturated rings. The van der Waals surface area contributed by atoms with Gasteiger partial charge < -0.3 is 9.67 Å². The molecular weight excluding hydrogens is 300 g/mol. The van der Waals surface area contributed by atoms with Crippen molar-refractivity contribution in [1.82, 2.24) is 4.57 Å². The van der Waals surface area contributed by atoms with Gasteiger partial charge in [0.2, 0.25) is 5.43 Å². The van der Waals surface area contributed by atoms with Crippen molar-refractivity contribution in [2.45, 2.75) is 23.8 Å². The number of aromatic nitrogens is 1. The number of nitrogens with zero attached hydrogens (tertiary/aromatic N) is 1. The topological polar surface area (TPSA) is 59.3 Å². The van der Waals surface area contributed by atoms with Crippen LogP contribution in [0, 0.1) is 11.6 Å². The summed E-state index contributed by atoms with van der Waals surface area (Å²) in [6.45, 7) is 0. The van der Waals surface area contributed by atoms with Crippen molar-refractivity contribution in [3.63, 3.8) is 0 Å². The summed E-state index contributed by atoms with van der Waals surface area (Å²) in [4.78, 5) is 23.1. The van der Waals surface area contributed by atoms with Gasteiger partial charge in [-0.2, -0.15) is 0 Å². The van der Waals surface area contributed by atoms with Crippen LogP contribution in [0.1, 0.15) is 29.2 Å². The Bertz CT molecular complexity index is 827. The van der Waals surface area contributed by atoms with Gasteiger partial charge in [0.25, 0.3) is 0 Å². The van der Waals surface area contributed by atoms with Crippen molar-refractivity contribution < 1.29 is 18.7 Å². The number of fused-ring (bicyclic) bond motifs is 1. The Hall–Kier alpha value is -1.89. The molecule has 1 heterocycles. The third kappa shape index (κ3) is 2.12. The third-order valence-electron chi connectivity index (χ3n) is 3.54. The Kier molecular flexibility index (Phi) is 3.24. The molecule has 1 aromatic heterocycles. The van der Waals surface area contributed by atoms with Crippen LogP contribution in [0.25, 0.3) is 10.9 Å². The minimum Gasteiger partial charge on any atom is -0.477 e. The van der Waals surface area contributed by atoms with Gasteiger partial charge in [0.05, 0.1) is 15.8 Å². The third-order valence-corrected chi connectivity index (χ3v) is 4.32. The molecule has 0 atom stereocenters. The molecule has 0 unspecified atom stereocenters. The summed E-state index contributed by atoms with van der Waals surface area (Å²) in [7, 11) is 0. The van der Waals surface area contributed by atoms with Crippen molar-refractivity contribution in [3.8, 4) is 0 Å². The zero-order valence-electron chi connectivity index (χ0n) is 11.0. The summed E-state index contributed by atoms with van der Waals surface area (Å²) < 4.78 is 29.9. The van der Waals surface area contributed by atoms with Gasteiger partial charge in [-0.1, -0.05) is 0 Å². The van der Waals surface area contributed by atoms with E-state index in [0.29, 0.717) is 0 Å². The van der Waals surface area contributed by atoms with E-state index in [9.17, 15) is 18.4 Å². The second-order valence-corrected chi connectivity index (χ2v) is 5.73. The van der Waals surface area contributed by atoms with E-state index in [1.807, 2.05) is 0 Å². The van der Waals surface area contributed by atoms with Gasteiger partial charge in [-0.05, 0) is 25.2 Å². The smallest absolute Gasteiger partial charge is 0.341 e. The van der Waals surface area contributed by atoms with E-state index in [4.69, 9.17) is 5.11 Å². The van der Waals surface area contributed by atoms with Gasteiger partial charge in [-0.3, -0.25) is 4.79 Å². The second-order valence-electron chi connectivity index (χ2n) is 4.92. The molecule has 1 aliphatic rings. The molecule has 0 spiro atoms. The number of carboxylic acids is 1. The Labute approximate surface area is 122 Å². The first-order chi connectivity index (χ1) is 9.95. The maximum atomic E-state index is 14.5.